The minimum absolute atomic E-state index is 0. The first-order chi connectivity index (χ1) is 0. The molecule has 120 valence electrons. The predicted octanol–water partition coefficient (Wildman–Crippen LogP) is -6.95. The fourth-order valence-corrected chi connectivity index (χ4v) is 0. The second-order valence-corrected chi connectivity index (χ2v) is 0. The van der Waals surface area contributed by atoms with Crippen LogP contribution in [0.5, 0.6) is 0 Å². The van der Waals surface area contributed by atoms with Crippen LogP contribution in [0, 0.1) is 0 Å². The van der Waals surface area contributed by atoms with Gasteiger partial charge in [-0.2, -0.15) is 0 Å². The molecule has 0 atom stereocenters. The Morgan fingerprint density at radius 2 is 0.286 bits per heavy atom. The zero-order chi connectivity index (χ0) is 0. The van der Waals surface area contributed by atoms with Crippen LogP contribution in [0.1, 0.15) is 0 Å². The van der Waals surface area contributed by atoms with Crippen molar-refractivity contribution in [2.75, 3.05) is 0 Å². The number of rotatable bonds is 0. The van der Waals surface area contributed by atoms with Gasteiger partial charge in [-0.1, -0.05) is 0 Å². The van der Waals surface area contributed by atoms with E-state index in [9.17, 15) is 0 Å². The van der Waals surface area contributed by atoms with Gasteiger partial charge >= 0.3 is 84.3 Å². The Bertz CT molecular complexity index is 25.6. The van der Waals surface area contributed by atoms with Crippen molar-refractivity contribution in [2.45, 2.75) is 0 Å². The van der Waals surface area contributed by atoms with Crippen molar-refractivity contribution in [1.82, 2.24) is 0 Å². The summed E-state index contributed by atoms with van der Waals surface area (Å²) in [6.07, 6.45) is 0. The van der Waals surface area contributed by atoms with Crippen molar-refractivity contribution in [3.8, 4) is 0 Å². The Balaban J connectivity index is 0. The zero-order valence-electron chi connectivity index (χ0n) is 9.81. The molecule has 0 fully saturated rings. The molecule has 0 bridgehead atoms. The molecule has 0 aromatic carbocycles. The van der Waals surface area contributed by atoms with E-state index in [2.05, 4.69) is 0 Å². The summed E-state index contributed by atoms with van der Waals surface area (Å²) >= 11 is 0. The smallest absolute Gasteiger partial charge is 2.00 e. The molecule has 0 radical (unpaired) electrons. The van der Waals surface area contributed by atoms with Crippen molar-refractivity contribution < 1.29 is 82.1 Å². The quantitative estimate of drug-likeness (QED) is 0.343. The van der Waals surface area contributed by atoms with Crippen LogP contribution in [0.3, 0.4) is 0 Å². The summed E-state index contributed by atoms with van der Waals surface area (Å²) in [4.78, 5) is 0. The van der Waals surface area contributed by atoms with E-state index in [1.807, 2.05) is 0 Å². The van der Waals surface area contributed by atoms with Crippen LogP contribution in [0.15, 0.2) is 0 Å². The largest absolute Gasteiger partial charge is 4.00 e. The van der Waals surface area contributed by atoms with Gasteiger partial charge in [0.25, 0.3) is 0 Å². The van der Waals surface area contributed by atoms with Gasteiger partial charge in [-0.3, -0.25) is 0 Å². The first kappa shape index (κ1) is 4280. The fraction of sp³-hybridized carbons (Fsp3) is 0. The first-order valence-electron chi connectivity index (χ1n) is 0. The molecule has 15 nitrogen and oxygen atoms in total. The normalized spacial score (nSPS) is 0. The van der Waals surface area contributed by atoms with Crippen LogP contribution in [0.25, 0.3) is 0 Å². The van der Waals surface area contributed by atoms with Crippen molar-refractivity contribution in [3.63, 3.8) is 0 Å². The van der Waals surface area contributed by atoms with Crippen LogP contribution in [0.4, 0.5) is 0 Å². The fourth-order valence-electron chi connectivity index (χ4n) is 0. The van der Waals surface area contributed by atoms with E-state index >= 15 is 0 Å². The molecule has 0 saturated carbocycles. The molecule has 0 amide bonds. The van der Waals surface area contributed by atoms with E-state index in [-0.39, 0.29) is 166 Å². The Morgan fingerprint density at radius 3 is 0.286 bits per heavy atom. The molecule has 0 aromatic rings. The Morgan fingerprint density at radius 1 is 0.286 bits per heavy atom. The van der Waals surface area contributed by atoms with Crippen molar-refractivity contribution in [2.24, 2.45) is 0 Å². The van der Waals surface area contributed by atoms with E-state index in [1.54, 1.807) is 0 Å². The Labute approximate surface area is 166 Å². The maximum Gasteiger partial charge on any atom is 4.00 e. The summed E-state index contributed by atoms with van der Waals surface area (Å²) in [6.45, 7) is 0. The second kappa shape index (κ2) is 3720. The first-order valence-corrected chi connectivity index (χ1v) is 0. The molecule has 0 unspecified atom stereocenters. The van der Waals surface area contributed by atoms with Crippen molar-refractivity contribution in [1.29, 1.82) is 0 Å². The van der Waals surface area contributed by atoms with Crippen LogP contribution in [0.2, 0.25) is 0 Å². The van der Waals surface area contributed by atoms with Crippen LogP contribution >= 0.6 is 0 Å². The van der Waals surface area contributed by atoms with E-state index in [4.69, 9.17) is 0 Å². The summed E-state index contributed by atoms with van der Waals surface area (Å²) in [7, 11) is 0. The summed E-state index contributed by atoms with van der Waals surface area (Å²) < 4.78 is 0. The Hall–Kier alpha value is 1.57. The van der Waals surface area contributed by atoms with Gasteiger partial charge in [-0.25, -0.2) is 0 Å². The van der Waals surface area contributed by atoms with Gasteiger partial charge in [0.2, 0.25) is 0 Å². The van der Waals surface area contributed by atoms with E-state index in [0.29, 0.717) is 0 Å². The van der Waals surface area contributed by atoms with Gasteiger partial charge in [0.15, 0.2) is 0 Å². The molecule has 0 aliphatic carbocycles. The average molecular weight is 413 g/mol. The standard InChI is InChI=1S/Al.Mg.5H2O.10O.4Si/h;;5*1H2;;;;;;;;;;;;;;/q+3;+2;;;;;;10*-2;4*+4/p-1. The van der Waals surface area contributed by atoms with Gasteiger partial charge in [0, 0.05) is 0 Å². The summed E-state index contributed by atoms with van der Waals surface area (Å²) in [5.41, 5.74) is 0. The maximum atomic E-state index is 0. The minimum Gasteiger partial charge on any atom is -2.00 e. The molecular weight excluding hydrogens is 404 g/mol. The molecule has 0 rings (SSSR count). The monoisotopic (exact) mass is 412 g/mol. The molecule has 21 heteroatoms. The van der Waals surface area contributed by atoms with Crippen molar-refractivity contribution >= 4 is 84.3 Å². The molecular formula is H9AlMgO15Si4. The summed E-state index contributed by atoms with van der Waals surface area (Å²) in [6, 6.07) is 0. The van der Waals surface area contributed by atoms with Gasteiger partial charge in [-0.15, -0.1) is 0 Å². The molecule has 0 aliphatic heterocycles. The van der Waals surface area contributed by atoms with E-state index in [0.717, 1.165) is 0 Å². The molecule has 21 heavy (non-hydrogen) atoms. The van der Waals surface area contributed by atoms with Crippen molar-refractivity contribution in [3.05, 3.63) is 0 Å². The zero-order valence-corrected chi connectivity index (χ0v) is 16.4. The molecule has 0 spiro atoms. The van der Waals surface area contributed by atoms with Gasteiger partial charge in [0.1, 0.15) is 0 Å². The minimum atomic E-state index is 0. The molecule has 0 aromatic heterocycles. The molecule has 0 saturated heterocycles. The van der Waals surface area contributed by atoms with Gasteiger partial charge < -0.3 is 82.1 Å². The third kappa shape index (κ3) is 3370. The van der Waals surface area contributed by atoms with Crippen LogP contribution in [-0.4, -0.2) is 112 Å². The van der Waals surface area contributed by atoms with Crippen LogP contribution < -0.4 is 0 Å². The van der Waals surface area contributed by atoms with E-state index in [1.165, 1.54) is 0 Å². The summed E-state index contributed by atoms with van der Waals surface area (Å²) in [5, 5.41) is 0. The predicted molar refractivity (Wildman–Crippen MR) is 57.8 cm³/mol. The molecule has 9 N–H and O–H groups in total. The topological polar surface area (TPSA) is 441 Å². The van der Waals surface area contributed by atoms with Gasteiger partial charge in [0.05, 0.1) is 0 Å². The molecule has 0 heterocycles. The SMILES string of the molecule is O.O.O.O.[Al+3].[Mg+2].[O-2].[O-2].[O-2].[O-2].[O-2].[O-2].[O-2].[O-2].[O-2].[O-2].[OH-].[Si+4].[Si+4].[Si+4].[Si+4]. The summed E-state index contributed by atoms with van der Waals surface area (Å²) in [5.74, 6) is 0. The number of hydrogen-bond donors (Lipinski definition) is 0. The Kier molecular flexibility index (Phi) is 758000. The van der Waals surface area contributed by atoms with Crippen LogP contribution in [-0.2, 0) is 54.8 Å². The average Bonchev–Trinajstić information content (AvgIpc) is 0. The number of hydrogen-bond acceptors (Lipinski definition) is 1. The second-order valence-electron chi connectivity index (χ2n) is 0. The maximum absolute atomic E-state index is 0. The van der Waals surface area contributed by atoms with Gasteiger partial charge in [-0.05, 0) is 0 Å². The van der Waals surface area contributed by atoms with E-state index < -0.39 is 0 Å². The third-order valence-corrected chi connectivity index (χ3v) is 0. The molecule has 0 aliphatic rings. The third-order valence-electron chi connectivity index (χ3n) is 0.